The lowest BCUT2D eigenvalue weighted by atomic mass is 10.0. The summed E-state index contributed by atoms with van der Waals surface area (Å²) in [6.07, 6.45) is 5.50. The van der Waals surface area contributed by atoms with E-state index in [9.17, 15) is 9.59 Å². The van der Waals surface area contributed by atoms with Gasteiger partial charge in [0.1, 0.15) is 0 Å². The largest absolute Gasteiger partial charge is 0.352 e. The van der Waals surface area contributed by atoms with Crippen LogP contribution in [-0.2, 0) is 9.59 Å². The highest BCUT2D eigenvalue weighted by molar-refractivity contribution is 5.85. The average Bonchev–Trinajstić information content (AvgIpc) is 3.22. The van der Waals surface area contributed by atoms with Gasteiger partial charge in [0.2, 0.25) is 11.8 Å². The first-order chi connectivity index (χ1) is 9.60. The van der Waals surface area contributed by atoms with Crippen molar-refractivity contribution in [2.45, 2.75) is 44.2 Å². The van der Waals surface area contributed by atoms with E-state index in [0.717, 1.165) is 32.2 Å². The van der Waals surface area contributed by atoms with Crippen molar-refractivity contribution in [2.24, 2.45) is 5.73 Å². The molecule has 20 heavy (non-hydrogen) atoms. The maximum atomic E-state index is 12.2. The van der Waals surface area contributed by atoms with E-state index in [2.05, 4.69) is 10.2 Å². The molecule has 0 bridgehead atoms. The highest BCUT2D eigenvalue weighted by Crippen LogP contribution is 2.18. The van der Waals surface area contributed by atoms with Crippen LogP contribution in [0.25, 0.3) is 0 Å². The summed E-state index contributed by atoms with van der Waals surface area (Å²) >= 11 is 0. The number of hydrogen-bond acceptors (Lipinski definition) is 4. The highest BCUT2D eigenvalue weighted by atomic mass is 16.2. The number of piperidine rings is 1. The molecule has 2 amide bonds. The van der Waals surface area contributed by atoms with E-state index in [-0.39, 0.29) is 18.4 Å². The molecule has 0 spiro atoms. The van der Waals surface area contributed by atoms with Crippen LogP contribution >= 0.6 is 0 Å². The second-order valence-corrected chi connectivity index (χ2v) is 5.95. The summed E-state index contributed by atoms with van der Waals surface area (Å²) in [6.45, 7) is 2.04. The van der Waals surface area contributed by atoms with Gasteiger partial charge in [-0.1, -0.05) is 6.42 Å². The van der Waals surface area contributed by atoms with Gasteiger partial charge in [0.05, 0.1) is 13.1 Å². The number of likely N-dealkylation sites (tertiary alicyclic amines) is 1. The Balaban J connectivity index is 1.75. The molecule has 0 aromatic heterocycles. The molecule has 0 radical (unpaired) electrons. The molecular weight excluding hydrogens is 256 g/mol. The molecule has 0 aromatic rings. The predicted octanol–water partition coefficient (Wildman–Crippen LogP) is -0.463. The topological polar surface area (TPSA) is 78.7 Å². The van der Waals surface area contributed by atoms with E-state index >= 15 is 0 Å². The lowest BCUT2D eigenvalue weighted by Gasteiger charge is -2.35. The number of nitrogens with two attached hydrogens (primary N) is 1. The molecule has 1 atom stereocenters. The Kier molecular flexibility index (Phi) is 5.37. The lowest BCUT2D eigenvalue weighted by molar-refractivity contribution is -0.136. The second kappa shape index (κ2) is 7.04. The summed E-state index contributed by atoms with van der Waals surface area (Å²) in [7, 11) is 1.69. The number of hydrogen-bond donors (Lipinski definition) is 2. The van der Waals surface area contributed by atoms with Crippen molar-refractivity contribution >= 4 is 11.8 Å². The van der Waals surface area contributed by atoms with Gasteiger partial charge in [-0.15, -0.1) is 0 Å². The van der Waals surface area contributed by atoms with Crippen molar-refractivity contribution in [1.29, 1.82) is 0 Å². The minimum Gasteiger partial charge on any atom is -0.352 e. The maximum absolute atomic E-state index is 12.2. The molecule has 114 valence electrons. The quantitative estimate of drug-likeness (QED) is 0.691. The van der Waals surface area contributed by atoms with E-state index < -0.39 is 0 Å². The van der Waals surface area contributed by atoms with Crippen LogP contribution in [0.1, 0.15) is 32.1 Å². The van der Waals surface area contributed by atoms with Crippen LogP contribution in [0.2, 0.25) is 0 Å². The van der Waals surface area contributed by atoms with Gasteiger partial charge in [0.25, 0.3) is 0 Å². The van der Waals surface area contributed by atoms with Crippen LogP contribution in [0.5, 0.6) is 0 Å². The van der Waals surface area contributed by atoms with Gasteiger partial charge in [-0.05, 0) is 32.2 Å². The Morgan fingerprint density at radius 3 is 2.70 bits per heavy atom. The molecule has 1 aliphatic carbocycles. The zero-order chi connectivity index (χ0) is 14.5. The SMILES string of the molecule is CN(CC(=O)NC1CC1)C(=O)CN1CCCCC1CN. The van der Waals surface area contributed by atoms with E-state index in [0.29, 0.717) is 25.2 Å². The Hall–Kier alpha value is -1.14. The van der Waals surface area contributed by atoms with Gasteiger partial charge >= 0.3 is 0 Å². The number of nitrogens with one attached hydrogen (secondary N) is 1. The van der Waals surface area contributed by atoms with Crippen LogP contribution in [0.3, 0.4) is 0 Å². The lowest BCUT2D eigenvalue weighted by Crippen LogP contribution is -2.50. The number of rotatable bonds is 6. The molecule has 2 fully saturated rings. The molecule has 1 saturated heterocycles. The normalized spacial score (nSPS) is 23.4. The smallest absolute Gasteiger partial charge is 0.239 e. The number of nitrogens with zero attached hydrogens (tertiary/aromatic N) is 2. The summed E-state index contributed by atoms with van der Waals surface area (Å²) in [5, 5.41) is 2.90. The zero-order valence-electron chi connectivity index (χ0n) is 12.3. The number of carbonyl (C=O) groups excluding carboxylic acids is 2. The van der Waals surface area contributed by atoms with Gasteiger partial charge in [0.15, 0.2) is 0 Å². The summed E-state index contributed by atoms with van der Waals surface area (Å²) in [4.78, 5) is 27.5. The molecule has 1 saturated carbocycles. The van der Waals surface area contributed by atoms with Gasteiger partial charge in [-0.25, -0.2) is 0 Å². The molecule has 3 N–H and O–H groups in total. The Labute approximate surface area is 120 Å². The van der Waals surface area contributed by atoms with Crippen molar-refractivity contribution in [2.75, 3.05) is 33.2 Å². The fourth-order valence-electron chi connectivity index (χ4n) is 2.63. The van der Waals surface area contributed by atoms with Crippen molar-refractivity contribution in [3.63, 3.8) is 0 Å². The summed E-state index contributed by atoms with van der Waals surface area (Å²) in [5.74, 6) is -0.0614. The van der Waals surface area contributed by atoms with Gasteiger partial charge in [-0.2, -0.15) is 0 Å². The highest BCUT2D eigenvalue weighted by Gasteiger charge is 2.26. The van der Waals surface area contributed by atoms with Crippen LogP contribution in [0.4, 0.5) is 0 Å². The van der Waals surface area contributed by atoms with E-state index in [4.69, 9.17) is 5.73 Å². The molecule has 1 aliphatic heterocycles. The van der Waals surface area contributed by atoms with Crippen LogP contribution < -0.4 is 11.1 Å². The number of carbonyl (C=O) groups is 2. The van der Waals surface area contributed by atoms with E-state index in [1.54, 1.807) is 7.05 Å². The third kappa shape index (κ3) is 4.45. The molecule has 2 rings (SSSR count). The average molecular weight is 282 g/mol. The monoisotopic (exact) mass is 282 g/mol. The summed E-state index contributed by atoms with van der Waals surface area (Å²) < 4.78 is 0. The minimum absolute atomic E-state index is 0.00343. The minimum atomic E-state index is -0.0580. The van der Waals surface area contributed by atoms with Crippen LogP contribution in [-0.4, -0.2) is 66.9 Å². The molecule has 2 aliphatic rings. The molecule has 6 nitrogen and oxygen atoms in total. The van der Waals surface area contributed by atoms with Gasteiger partial charge in [0, 0.05) is 25.7 Å². The predicted molar refractivity (Wildman–Crippen MR) is 77.1 cm³/mol. The van der Waals surface area contributed by atoms with Crippen molar-refractivity contribution in [3.05, 3.63) is 0 Å². The first kappa shape index (κ1) is 15.3. The third-order valence-electron chi connectivity index (χ3n) is 4.11. The summed E-state index contributed by atoms with van der Waals surface area (Å²) in [5.41, 5.74) is 5.76. The third-order valence-corrected chi connectivity index (χ3v) is 4.11. The Morgan fingerprint density at radius 2 is 2.05 bits per heavy atom. The first-order valence-corrected chi connectivity index (χ1v) is 7.57. The fraction of sp³-hybridized carbons (Fsp3) is 0.857. The van der Waals surface area contributed by atoms with Crippen molar-refractivity contribution in [1.82, 2.24) is 15.1 Å². The number of likely N-dealkylation sites (N-methyl/N-ethyl adjacent to an activating group) is 1. The van der Waals surface area contributed by atoms with Crippen LogP contribution in [0.15, 0.2) is 0 Å². The molecule has 1 heterocycles. The van der Waals surface area contributed by atoms with Gasteiger partial charge in [-0.3, -0.25) is 14.5 Å². The standard InChI is InChI=1S/C14H26N4O2/c1-17(9-13(19)16-11-5-6-11)14(20)10-18-7-3-2-4-12(18)8-15/h11-12H,2-10,15H2,1H3,(H,16,19). The Bertz CT molecular complexity index is 357. The van der Waals surface area contributed by atoms with Crippen LogP contribution in [0, 0.1) is 0 Å². The summed E-state index contributed by atoms with van der Waals surface area (Å²) in [6, 6.07) is 0.649. The van der Waals surface area contributed by atoms with E-state index in [1.807, 2.05) is 0 Å². The molecule has 6 heteroatoms. The van der Waals surface area contributed by atoms with E-state index in [1.165, 1.54) is 11.3 Å². The molecular formula is C14H26N4O2. The Morgan fingerprint density at radius 1 is 1.30 bits per heavy atom. The zero-order valence-corrected chi connectivity index (χ0v) is 12.3. The maximum Gasteiger partial charge on any atom is 0.239 e. The number of amides is 2. The van der Waals surface area contributed by atoms with Gasteiger partial charge < -0.3 is 16.0 Å². The molecule has 1 unspecified atom stereocenters. The van der Waals surface area contributed by atoms with Crippen molar-refractivity contribution < 1.29 is 9.59 Å². The fourth-order valence-corrected chi connectivity index (χ4v) is 2.63. The first-order valence-electron chi connectivity index (χ1n) is 7.57. The molecule has 0 aromatic carbocycles. The van der Waals surface area contributed by atoms with Crippen molar-refractivity contribution in [3.8, 4) is 0 Å². The second-order valence-electron chi connectivity index (χ2n) is 5.95.